The van der Waals surface area contributed by atoms with E-state index in [1.165, 1.54) is 64.6 Å². The minimum Gasteiger partial charge on any atom is -0.307 e. The molecule has 5 aromatic rings. The number of hydrogen-bond donors (Lipinski definition) is 0. The highest BCUT2D eigenvalue weighted by molar-refractivity contribution is 9.11. The Morgan fingerprint density at radius 2 is 0.577 bits per heavy atom. The van der Waals surface area contributed by atoms with Crippen molar-refractivity contribution in [1.29, 1.82) is 0 Å². The Morgan fingerprint density at radius 3 is 0.788 bits per heavy atom. The molecule has 7 rings (SSSR count). The van der Waals surface area contributed by atoms with Gasteiger partial charge in [0.2, 0.25) is 0 Å². The number of fused-ring (bicyclic) bond motifs is 4. The van der Waals surface area contributed by atoms with E-state index in [1.54, 1.807) is 0 Å². The first-order valence-corrected chi connectivity index (χ1v) is 21.4. The molecule has 0 fully saturated rings. The summed E-state index contributed by atoms with van der Waals surface area (Å²) in [5.74, 6) is 0. The largest absolute Gasteiger partial charge is 0.307 e. The van der Waals surface area contributed by atoms with Crippen LogP contribution in [0, 0.1) is 0 Å². The van der Waals surface area contributed by atoms with Crippen molar-refractivity contribution in [3.63, 3.8) is 0 Å². The molecule has 0 bridgehead atoms. The number of anilines is 6. The quantitative estimate of drug-likeness (QED) is 0.171. The first kappa shape index (κ1) is 37.7. The van der Waals surface area contributed by atoms with Crippen LogP contribution in [0.5, 0.6) is 0 Å². The fourth-order valence-electron chi connectivity index (χ4n) is 6.87. The summed E-state index contributed by atoms with van der Waals surface area (Å²) in [7, 11) is 0. The predicted octanol–water partition coefficient (Wildman–Crippen LogP) is 16.3. The molecular formula is C46H50Br2N2S2. The molecule has 0 amide bonds. The van der Waals surface area contributed by atoms with Crippen LogP contribution in [0.4, 0.5) is 34.1 Å². The molecule has 5 aromatic carbocycles. The second-order valence-corrected chi connectivity index (χ2v) is 22.2. The zero-order chi connectivity index (χ0) is 37.7. The van der Waals surface area contributed by atoms with Gasteiger partial charge in [-0.3, -0.25) is 0 Å². The van der Waals surface area contributed by atoms with Crippen LogP contribution >= 0.6 is 55.4 Å². The van der Waals surface area contributed by atoms with Crippen LogP contribution in [-0.4, -0.2) is 0 Å². The van der Waals surface area contributed by atoms with Gasteiger partial charge in [-0.05, 0) is 136 Å². The van der Waals surface area contributed by atoms with Gasteiger partial charge in [0.25, 0.3) is 0 Å². The van der Waals surface area contributed by atoms with Gasteiger partial charge in [0.15, 0.2) is 0 Å². The van der Waals surface area contributed by atoms with E-state index in [0.29, 0.717) is 0 Å². The van der Waals surface area contributed by atoms with Crippen molar-refractivity contribution >= 4 is 89.5 Å². The summed E-state index contributed by atoms with van der Waals surface area (Å²) in [6.45, 7) is 27.5. The summed E-state index contributed by atoms with van der Waals surface area (Å²) in [6, 6.07) is 32.6. The summed E-state index contributed by atoms with van der Waals surface area (Å²) in [5.41, 5.74) is 12.6. The van der Waals surface area contributed by atoms with E-state index < -0.39 is 0 Å². The van der Waals surface area contributed by atoms with Crippen molar-refractivity contribution in [2.45, 2.75) is 124 Å². The SMILES string of the molecule is CC(C)(C)c1ccc2c(c1)Sc1cc(C(C)(C)C)ccc1N2c1cc(Br)c(N2c3ccc(C(C)(C)C)cc3Sc3cc(C(C)(C)C)ccc32)cc1Br. The summed E-state index contributed by atoms with van der Waals surface area (Å²) in [5, 5.41) is 0. The zero-order valence-electron chi connectivity index (χ0n) is 32.5. The van der Waals surface area contributed by atoms with Crippen molar-refractivity contribution < 1.29 is 0 Å². The molecule has 2 aliphatic rings. The molecule has 52 heavy (non-hydrogen) atoms. The van der Waals surface area contributed by atoms with Crippen LogP contribution in [0.15, 0.2) is 113 Å². The Hall–Kier alpha value is -2.64. The summed E-state index contributed by atoms with van der Waals surface area (Å²) in [4.78, 5) is 9.99. The molecule has 0 aromatic heterocycles. The zero-order valence-corrected chi connectivity index (χ0v) is 37.4. The van der Waals surface area contributed by atoms with Gasteiger partial charge in [0.1, 0.15) is 0 Å². The molecule has 0 atom stereocenters. The third-order valence-electron chi connectivity index (χ3n) is 10.2. The van der Waals surface area contributed by atoms with E-state index in [4.69, 9.17) is 0 Å². The molecular weight excluding hydrogens is 804 g/mol. The Kier molecular flexibility index (Phi) is 9.41. The van der Waals surface area contributed by atoms with Crippen LogP contribution in [0.2, 0.25) is 0 Å². The average molecular weight is 855 g/mol. The predicted molar refractivity (Wildman–Crippen MR) is 234 cm³/mol. The molecule has 2 nitrogen and oxygen atoms in total. The van der Waals surface area contributed by atoms with Crippen LogP contribution in [-0.2, 0) is 21.7 Å². The molecule has 0 saturated heterocycles. The molecule has 0 radical (unpaired) electrons. The van der Waals surface area contributed by atoms with Gasteiger partial charge in [0.05, 0.1) is 34.1 Å². The highest BCUT2D eigenvalue weighted by Crippen LogP contribution is 2.58. The van der Waals surface area contributed by atoms with Crippen molar-refractivity contribution in [1.82, 2.24) is 0 Å². The second kappa shape index (κ2) is 13.0. The summed E-state index contributed by atoms with van der Waals surface area (Å²) < 4.78 is 2.07. The van der Waals surface area contributed by atoms with E-state index >= 15 is 0 Å². The molecule has 0 unspecified atom stereocenters. The summed E-state index contributed by atoms with van der Waals surface area (Å²) >= 11 is 12.0. The normalized spacial score (nSPS) is 14.5. The fraction of sp³-hybridized carbons (Fsp3) is 0.348. The van der Waals surface area contributed by atoms with Gasteiger partial charge in [-0.2, -0.15) is 0 Å². The minimum absolute atomic E-state index is 0.0554. The molecule has 270 valence electrons. The monoisotopic (exact) mass is 852 g/mol. The highest BCUT2D eigenvalue weighted by Gasteiger charge is 2.33. The van der Waals surface area contributed by atoms with Crippen molar-refractivity contribution in [3.8, 4) is 0 Å². The smallest absolute Gasteiger partial charge is 0.0617 e. The Bertz CT molecular complexity index is 1940. The first-order valence-electron chi connectivity index (χ1n) is 18.1. The maximum atomic E-state index is 4.13. The van der Waals surface area contributed by atoms with Crippen LogP contribution in [0.25, 0.3) is 0 Å². The minimum atomic E-state index is 0.0554. The van der Waals surface area contributed by atoms with E-state index in [0.717, 1.165) is 20.3 Å². The lowest BCUT2D eigenvalue weighted by Gasteiger charge is -2.37. The van der Waals surface area contributed by atoms with Crippen molar-refractivity contribution in [3.05, 3.63) is 116 Å². The number of rotatable bonds is 2. The molecule has 2 aliphatic heterocycles. The first-order chi connectivity index (χ1) is 24.1. The van der Waals surface area contributed by atoms with Crippen molar-refractivity contribution in [2.75, 3.05) is 9.80 Å². The van der Waals surface area contributed by atoms with E-state index in [2.05, 4.69) is 210 Å². The van der Waals surface area contributed by atoms with Gasteiger partial charge in [-0.15, -0.1) is 0 Å². The Morgan fingerprint density at radius 1 is 0.346 bits per heavy atom. The maximum Gasteiger partial charge on any atom is 0.0617 e. The number of halogens is 2. The number of nitrogens with zero attached hydrogens (tertiary/aromatic N) is 2. The molecule has 0 N–H and O–H groups in total. The lowest BCUT2D eigenvalue weighted by Crippen LogP contribution is -2.20. The van der Waals surface area contributed by atoms with Crippen molar-refractivity contribution in [2.24, 2.45) is 0 Å². The van der Waals surface area contributed by atoms with E-state index in [1.807, 2.05) is 23.5 Å². The second-order valence-electron chi connectivity index (χ2n) is 18.4. The van der Waals surface area contributed by atoms with Gasteiger partial charge < -0.3 is 9.80 Å². The number of hydrogen-bond acceptors (Lipinski definition) is 4. The van der Waals surface area contributed by atoms with Crippen LogP contribution in [0.1, 0.15) is 105 Å². The third-order valence-corrected chi connectivity index (χ3v) is 13.7. The molecule has 0 saturated carbocycles. The maximum absolute atomic E-state index is 4.13. The van der Waals surface area contributed by atoms with Crippen LogP contribution < -0.4 is 9.80 Å². The van der Waals surface area contributed by atoms with Crippen LogP contribution in [0.3, 0.4) is 0 Å². The lowest BCUT2D eigenvalue weighted by molar-refractivity contribution is 0.587. The number of benzene rings is 5. The molecule has 6 heteroatoms. The molecule has 0 spiro atoms. The van der Waals surface area contributed by atoms with E-state index in [9.17, 15) is 0 Å². The Balaban J connectivity index is 1.41. The average Bonchev–Trinajstić information content (AvgIpc) is 3.04. The topological polar surface area (TPSA) is 6.48 Å². The van der Waals surface area contributed by atoms with E-state index in [-0.39, 0.29) is 21.7 Å². The standard InChI is InChI=1S/C46H50Br2N2S2/c1-43(2,3)27-13-17-33-39(21-27)51-40-22-28(44(4,5)6)14-18-34(40)49(33)37-25-32(48)38(26-31(37)47)50-35-19-15-29(45(7,8)9)23-41(35)52-42-24-30(46(10,11)12)16-20-36(42)50/h13-26H,1-12H3. The highest BCUT2D eigenvalue weighted by atomic mass is 79.9. The lowest BCUT2D eigenvalue weighted by atomic mass is 9.86. The fourth-order valence-corrected chi connectivity index (χ4v) is 10.2. The van der Waals surface area contributed by atoms with Gasteiger partial charge in [-0.1, -0.05) is 131 Å². The van der Waals surface area contributed by atoms with Gasteiger partial charge in [-0.25, -0.2) is 0 Å². The molecule has 2 heterocycles. The third kappa shape index (κ3) is 6.91. The Labute approximate surface area is 337 Å². The molecule has 0 aliphatic carbocycles. The van der Waals surface area contributed by atoms with Gasteiger partial charge in [0, 0.05) is 28.5 Å². The summed E-state index contributed by atoms with van der Waals surface area (Å²) in [6.07, 6.45) is 0. The van der Waals surface area contributed by atoms with Gasteiger partial charge >= 0.3 is 0 Å².